The van der Waals surface area contributed by atoms with E-state index in [9.17, 15) is 9.90 Å². The number of carbonyl (C=O) groups is 1. The van der Waals surface area contributed by atoms with Crippen LogP contribution in [0.25, 0.3) is 11.0 Å². The number of β-amino-alcohol motifs (C(OH)–C–C–N with tert-alkyl or cyclic N) is 1. The fraction of sp³-hybridized carbons (Fsp3) is 0.579. The molecule has 6 heteroatoms. The molecule has 1 atom stereocenters. The molecule has 1 fully saturated rings. The second kappa shape index (κ2) is 7.54. The molecule has 0 spiro atoms. The third-order valence-electron chi connectivity index (χ3n) is 5.15. The Labute approximate surface area is 149 Å². The summed E-state index contributed by atoms with van der Waals surface area (Å²) >= 11 is 0. The fourth-order valence-corrected chi connectivity index (χ4v) is 3.51. The summed E-state index contributed by atoms with van der Waals surface area (Å²) in [6.45, 7) is 10.3. The highest BCUT2D eigenvalue weighted by atomic mass is 16.3. The Morgan fingerprint density at radius 1 is 1.16 bits per heavy atom. The largest absolute Gasteiger partial charge is 0.390 e. The number of aryl methyl sites for hydroxylation is 2. The van der Waals surface area contributed by atoms with E-state index in [4.69, 9.17) is 0 Å². The molecule has 1 aromatic heterocycles. The lowest BCUT2D eigenvalue weighted by molar-refractivity contribution is -0.128. The highest BCUT2D eigenvalue weighted by molar-refractivity contribution is 5.77. The van der Waals surface area contributed by atoms with E-state index in [0.717, 1.165) is 43.6 Å². The lowest BCUT2D eigenvalue weighted by Gasteiger charge is -2.24. The van der Waals surface area contributed by atoms with Crippen LogP contribution in [0.1, 0.15) is 24.5 Å². The minimum absolute atomic E-state index is 0.137. The van der Waals surface area contributed by atoms with Gasteiger partial charge in [-0.2, -0.15) is 0 Å². The molecule has 6 nitrogen and oxygen atoms in total. The second-order valence-corrected chi connectivity index (χ2v) is 7.14. The third-order valence-corrected chi connectivity index (χ3v) is 5.15. The van der Waals surface area contributed by atoms with Gasteiger partial charge in [0.1, 0.15) is 0 Å². The van der Waals surface area contributed by atoms with E-state index in [1.54, 1.807) is 6.92 Å². The van der Waals surface area contributed by atoms with Crippen LogP contribution in [0.15, 0.2) is 18.5 Å². The number of hydrogen-bond donors (Lipinski definition) is 1. The molecule has 2 heterocycles. The smallest absolute Gasteiger partial charge is 0.219 e. The average Bonchev–Trinajstić information content (AvgIpc) is 2.78. The molecule has 0 bridgehead atoms. The summed E-state index contributed by atoms with van der Waals surface area (Å²) in [5.41, 5.74) is 4.52. The van der Waals surface area contributed by atoms with Gasteiger partial charge in [0.2, 0.25) is 5.91 Å². The molecule has 136 valence electrons. The minimum Gasteiger partial charge on any atom is -0.390 e. The minimum atomic E-state index is -0.456. The summed E-state index contributed by atoms with van der Waals surface area (Å²) in [7, 11) is 0. The van der Waals surface area contributed by atoms with Gasteiger partial charge in [-0.15, -0.1) is 0 Å². The third kappa shape index (κ3) is 4.19. The molecule has 25 heavy (non-hydrogen) atoms. The monoisotopic (exact) mass is 344 g/mol. The zero-order chi connectivity index (χ0) is 18.0. The summed E-state index contributed by atoms with van der Waals surface area (Å²) in [6, 6.07) is 4.24. The Bertz CT molecular complexity index is 755. The number of amides is 1. The van der Waals surface area contributed by atoms with Crippen LogP contribution in [0.4, 0.5) is 0 Å². The van der Waals surface area contributed by atoms with Crippen LogP contribution in [0.3, 0.4) is 0 Å². The average molecular weight is 344 g/mol. The maximum atomic E-state index is 11.5. The molecular weight excluding hydrogens is 316 g/mol. The number of aromatic nitrogens is 2. The van der Waals surface area contributed by atoms with E-state index in [1.807, 2.05) is 15.8 Å². The van der Waals surface area contributed by atoms with Crippen molar-refractivity contribution in [3.05, 3.63) is 29.6 Å². The number of aliphatic hydroxyl groups is 1. The Morgan fingerprint density at radius 3 is 2.68 bits per heavy atom. The van der Waals surface area contributed by atoms with Crippen LogP contribution in [0.2, 0.25) is 0 Å². The topological polar surface area (TPSA) is 61.6 Å². The van der Waals surface area contributed by atoms with Gasteiger partial charge in [-0.05, 0) is 50.1 Å². The van der Waals surface area contributed by atoms with Crippen molar-refractivity contribution >= 4 is 16.9 Å². The molecular formula is C19H28N4O2. The van der Waals surface area contributed by atoms with Gasteiger partial charge in [0.15, 0.2) is 0 Å². The van der Waals surface area contributed by atoms with Gasteiger partial charge in [0, 0.05) is 33.1 Å². The van der Waals surface area contributed by atoms with Gasteiger partial charge in [0.05, 0.1) is 30.0 Å². The first kappa shape index (κ1) is 17.9. The van der Waals surface area contributed by atoms with Crippen LogP contribution < -0.4 is 0 Å². The molecule has 1 unspecified atom stereocenters. The molecule has 1 aromatic carbocycles. The number of nitrogens with zero attached hydrogens (tertiary/aromatic N) is 4. The first-order valence-corrected chi connectivity index (χ1v) is 9.02. The Hall–Kier alpha value is -1.92. The summed E-state index contributed by atoms with van der Waals surface area (Å²) in [4.78, 5) is 20.1. The van der Waals surface area contributed by atoms with Crippen molar-refractivity contribution in [2.45, 2.75) is 39.8 Å². The predicted octanol–water partition coefficient (Wildman–Crippen LogP) is 1.57. The van der Waals surface area contributed by atoms with E-state index in [0.29, 0.717) is 13.1 Å². The number of benzene rings is 1. The maximum Gasteiger partial charge on any atom is 0.219 e. The summed E-state index contributed by atoms with van der Waals surface area (Å²) in [6.07, 6.45) is 2.31. The van der Waals surface area contributed by atoms with Crippen LogP contribution in [0.5, 0.6) is 0 Å². The predicted molar refractivity (Wildman–Crippen MR) is 98.5 cm³/mol. The number of carbonyl (C=O) groups excluding carboxylic acids is 1. The lowest BCUT2D eigenvalue weighted by Crippen LogP contribution is -2.38. The van der Waals surface area contributed by atoms with Gasteiger partial charge in [0.25, 0.3) is 0 Å². The van der Waals surface area contributed by atoms with Gasteiger partial charge in [-0.3, -0.25) is 9.69 Å². The maximum absolute atomic E-state index is 11.5. The second-order valence-electron chi connectivity index (χ2n) is 7.14. The van der Waals surface area contributed by atoms with Crippen molar-refractivity contribution in [3.63, 3.8) is 0 Å². The van der Waals surface area contributed by atoms with Crippen molar-refractivity contribution in [2.24, 2.45) is 0 Å². The standard InChI is InChI=1S/C19H28N4O2/c1-14-9-18-19(10-15(14)2)23(13-20-18)12-17(25)11-21-5-4-6-22(8-7-21)16(3)24/h9-10,13,17,25H,4-8,11-12H2,1-3H3. The highest BCUT2D eigenvalue weighted by Gasteiger charge is 2.19. The summed E-state index contributed by atoms with van der Waals surface area (Å²) < 4.78 is 2.03. The zero-order valence-electron chi connectivity index (χ0n) is 15.4. The van der Waals surface area contributed by atoms with E-state index in [2.05, 4.69) is 35.9 Å². The molecule has 1 saturated heterocycles. The quantitative estimate of drug-likeness (QED) is 0.915. The molecule has 1 aliphatic heterocycles. The zero-order valence-corrected chi connectivity index (χ0v) is 15.4. The Morgan fingerprint density at radius 2 is 1.92 bits per heavy atom. The molecule has 1 N–H and O–H groups in total. The molecule has 1 aliphatic rings. The SMILES string of the molecule is CC(=O)N1CCCN(CC(O)Cn2cnc3cc(C)c(C)cc32)CC1. The van der Waals surface area contributed by atoms with Crippen LogP contribution in [-0.4, -0.2) is 69.2 Å². The number of aliphatic hydroxyl groups excluding tert-OH is 1. The van der Waals surface area contributed by atoms with E-state index < -0.39 is 6.10 Å². The van der Waals surface area contributed by atoms with E-state index in [1.165, 1.54) is 11.1 Å². The van der Waals surface area contributed by atoms with E-state index >= 15 is 0 Å². The van der Waals surface area contributed by atoms with Gasteiger partial charge in [-0.1, -0.05) is 0 Å². The fourth-order valence-electron chi connectivity index (χ4n) is 3.51. The number of hydrogen-bond acceptors (Lipinski definition) is 4. The molecule has 0 saturated carbocycles. The lowest BCUT2D eigenvalue weighted by atomic mass is 10.1. The van der Waals surface area contributed by atoms with Crippen molar-refractivity contribution in [1.82, 2.24) is 19.4 Å². The van der Waals surface area contributed by atoms with Crippen LogP contribution >= 0.6 is 0 Å². The Kier molecular flexibility index (Phi) is 5.39. The molecule has 2 aromatic rings. The van der Waals surface area contributed by atoms with Crippen LogP contribution in [0, 0.1) is 13.8 Å². The van der Waals surface area contributed by atoms with Gasteiger partial charge in [-0.25, -0.2) is 4.98 Å². The number of rotatable bonds is 4. The molecule has 0 radical (unpaired) electrons. The summed E-state index contributed by atoms with van der Waals surface area (Å²) in [5, 5.41) is 10.6. The first-order chi connectivity index (χ1) is 11.9. The van der Waals surface area contributed by atoms with Crippen LogP contribution in [-0.2, 0) is 11.3 Å². The summed E-state index contributed by atoms with van der Waals surface area (Å²) in [5.74, 6) is 0.137. The van der Waals surface area contributed by atoms with Gasteiger partial charge < -0.3 is 14.6 Å². The van der Waals surface area contributed by atoms with Crippen molar-refractivity contribution in [2.75, 3.05) is 32.7 Å². The molecule has 3 rings (SSSR count). The molecule has 1 amide bonds. The number of fused-ring (bicyclic) bond motifs is 1. The Balaban J connectivity index is 1.62. The number of imidazole rings is 1. The van der Waals surface area contributed by atoms with Crippen molar-refractivity contribution < 1.29 is 9.90 Å². The van der Waals surface area contributed by atoms with Gasteiger partial charge >= 0.3 is 0 Å². The van der Waals surface area contributed by atoms with Crippen molar-refractivity contribution in [1.29, 1.82) is 0 Å². The van der Waals surface area contributed by atoms with E-state index in [-0.39, 0.29) is 5.91 Å². The molecule has 0 aliphatic carbocycles. The van der Waals surface area contributed by atoms with Crippen molar-refractivity contribution in [3.8, 4) is 0 Å². The normalized spacial score (nSPS) is 17.7. The first-order valence-electron chi connectivity index (χ1n) is 9.02. The highest BCUT2D eigenvalue weighted by Crippen LogP contribution is 2.19.